The number of carbonyl (C=O) groups excluding carboxylic acids is 1. The molecule has 3 aromatic carbocycles. The number of methoxy groups -OCH3 is 1. The number of aromatic nitrogens is 2. The Labute approximate surface area is 216 Å². The molecule has 0 saturated carbocycles. The number of para-hydroxylation sites is 1. The van der Waals surface area contributed by atoms with Crippen LogP contribution in [0.1, 0.15) is 17.0 Å². The quantitative estimate of drug-likeness (QED) is 0.293. The topological polar surface area (TPSA) is 82.5 Å². The first-order valence-corrected chi connectivity index (χ1v) is 12.3. The molecule has 2 heterocycles. The molecule has 9 heteroatoms. The second kappa shape index (κ2) is 9.96. The maximum atomic E-state index is 13.4. The summed E-state index contributed by atoms with van der Waals surface area (Å²) in [7, 11) is 1.54. The molecule has 1 fully saturated rings. The first kappa shape index (κ1) is 23.8. The van der Waals surface area contributed by atoms with Gasteiger partial charge in [-0.05, 0) is 55.0 Å². The number of thioether (sulfide) groups is 1. The van der Waals surface area contributed by atoms with Gasteiger partial charge in [0.2, 0.25) is 0 Å². The summed E-state index contributed by atoms with van der Waals surface area (Å²) in [6.07, 6.45) is 1.74. The van der Waals surface area contributed by atoms with Crippen molar-refractivity contribution in [3.05, 3.63) is 98.9 Å². The number of nitrogens with zero attached hydrogens (tertiary/aromatic N) is 2. The van der Waals surface area contributed by atoms with Crippen LogP contribution >= 0.6 is 24.0 Å². The molecule has 180 valence electrons. The highest BCUT2D eigenvalue weighted by Gasteiger charge is 2.22. The highest BCUT2D eigenvalue weighted by atomic mass is 32.2. The van der Waals surface area contributed by atoms with Crippen molar-refractivity contribution in [3.63, 3.8) is 0 Å². The zero-order valence-electron chi connectivity index (χ0n) is 19.5. The van der Waals surface area contributed by atoms with E-state index in [-0.39, 0.29) is 18.1 Å². The van der Waals surface area contributed by atoms with E-state index in [4.69, 9.17) is 26.7 Å². The number of hydrogen-bond donors (Lipinski definition) is 1. The molecule has 0 radical (unpaired) electrons. The molecule has 1 aliphatic rings. The largest absolute Gasteiger partial charge is 0.493 e. The van der Waals surface area contributed by atoms with Crippen molar-refractivity contribution >= 4 is 51.2 Å². The Balaban J connectivity index is 1.49. The highest BCUT2D eigenvalue weighted by molar-refractivity contribution is 8.26. The van der Waals surface area contributed by atoms with Crippen molar-refractivity contribution < 1.29 is 14.3 Å². The third kappa shape index (κ3) is 4.75. The second-order valence-corrected chi connectivity index (χ2v) is 9.79. The fourth-order valence-electron chi connectivity index (χ4n) is 3.84. The highest BCUT2D eigenvalue weighted by Crippen LogP contribution is 2.32. The standard InChI is InChI=1S/C27H21N3O4S2/c1-16-7-10-18(11-8-16)30-24(28-20-6-4-3-5-19(20)26(30)32)15-34-21-12-9-17(13-22(21)33-2)14-23-25(31)29-27(35)36-23/h3-14H,15H2,1-2H3,(H,29,31,35). The maximum Gasteiger partial charge on any atom is 0.266 e. The number of rotatable bonds is 6. The molecule has 5 rings (SSSR count). The first-order valence-electron chi connectivity index (χ1n) is 11.1. The van der Waals surface area contributed by atoms with Gasteiger partial charge >= 0.3 is 0 Å². The number of ether oxygens (including phenoxy) is 2. The number of aryl methyl sites for hydroxylation is 1. The van der Waals surface area contributed by atoms with E-state index >= 15 is 0 Å². The van der Waals surface area contributed by atoms with Gasteiger partial charge in [-0.15, -0.1) is 0 Å². The lowest BCUT2D eigenvalue weighted by Crippen LogP contribution is -2.25. The van der Waals surface area contributed by atoms with Gasteiger partial charge in [-0.25, -0.2) is 4.98 Å². The summed E-state index contributed by atoms with van der Waals surface area (Å²) >= 11 is 6.26. The van der Waals surface area contributed by atoms with Gasteiger partial charge in [0.1, 0.15) is 10.9 Å². The lowest BCUT2D eigenvalue weighted by atomic mass is 10.2. The minimum atomic E-state index is -0.222. The number of thiocarbonyl (C=S) groups is 1. The average molecular weight is 516 g/mol. The predicted molar refractivity (Wildman–Crippen MR) is 146 cm³/mol. The van der Waals surface area contributed by atoms with Crippen LogP contribution < -0.4 is 20.3 Å². The Kier molecular flexibility index (Phi) is 6.58. The van der Waals surface area contributed by atoms with Crippen LogP contribution in [-0.4, -0.2) is 26.9 Å². The zero-order valence-corrected chi connectivity index (χ0v) is 21.1. The molecular weight excluding hydrogens is 494 g/mol. The van der Waals surface area contributed by atoms with E-state index in [9.17, 15) is 9.59 Å². The van der Waals surface area contributed by atoms with Crippen LogP contribution in [0.15, 0.2) is 76.4 Å². The van der Waals surface area contributed by atoms with E-state index in [0.29, 0.717) is 43.1 Å². The average Bonchev–Trinajstić information content (AvgIpc) is 3.20. The number of amides is 1. The lowest BCUT2D eigenvalue weighted by molar-refractivity contribution is -0.115. The zero-order chi connectivity index (χ0) is 25.2. The van der Waals surface area contributed by atoms with Gasteiger partial charge < -0.3 is 14.8 Å². The molecule has 1 amide bonds. The third-order valence-electron chi connectivity index (χ3n) is 5.62. The Morgan fingerprint density at radius 2 is 1.83 bits per heavy atom. The fourth-order valence-corrected chi connectivity index (χ4v) is 4.89. The summed E-state index contributed by atoms with van der Waals surface area (Å²) < 4.78 is 13.6. The Morgan fingerprint density at radius 1 is 1.06 bits per heavy atom. The monoisotopic (exact) mass is 515 g/mol. The SMILES string of the molecule is COc1cc(C=C2SC(=S)NC2=O)ccc1OCc1nc2ccccc2c(=O)n1-c1ccc(C)cc1. The Bertz CT molecular complexity index is 1590. The molecule has 0 spiro atoms. The van der Waals surface area contributed by atoms with Crippen LogP contribution in [0.25, 0.3) is 22.7 Å². The molecule has 0 bridgehead atoms. The van der Waals surface area contributed by atoms with E-state index in [0.717, 1.165) is 11.1 Å². The van der Waals surface area contributed by atoms with E-state index in [1.165, 1.54) is 11.8 Å². The number of carbonyl (C=O) groups is 1. The van der Waals surface area contributed by atoms with Gasteiger partial charge in [0.25, 0.3) is 11.5 Å². The Hall–Kier alpha value is -3.95. The minimum Gasteiger partial charge on any atom is -0.493 e. The van der Waals surface area contributed by atoms with Gasteiger partial charge in [0, 0.05) is 0 Å². The molecule has 7 nitrogen and oxygen atoms in total. The molecular formula is C27H21N3O4S2. The summed E-state index contributed by atoms with van der Waals surface area (Å²) in [6, 6.07) is 20.3. The number of benzene rings is 3. The summed E-state index contributed by atoms with van der Waals surface area (Å²) in [4.78, 5) is 30.6. The van der Waals surface area contributed by atoms with Crippen LogP contribution in [0.4, 0.5) is 0 Å². The van der Waals surface area contributed by atoms with Crippen molar-refractivity contribution in [2.24, 2.45) is 0 Å². The maximum absolute atomic E-state index is 13.4. The molecule has 36 heavy (non-hydrogen) atoms. The number of fused-ring (bicyclic) bond motifs is 1. The van der Waals surface area contributed by atoms with E-state index < -0.39 is 0 Å². The van der Waals surface area contributed by atoms with Crippen LogP contribution in [0.3, 0.4) is 0 Å². The molecule has 4 aromatic rings. The summed E-state index contributed by atoms with van der Waals surface area (Å²) in [5.41, 5.74) is 3.00. The molecule has 0 unspecified atom stereocenters. The van der Waals surface area contributed by atoms with Crippen LogP contribution in [0.2, 0.25) is 0 Å². The molecule has 1 aromatic heterocycles. The van der Waals surface area contributed by atoms with Crippen molar-refractivity contribution in [1.82, 2.24) is 14.9 Å². The molecule has 1 saturated heterocycles. The number of hydrogen-bond acceptors (Lipinski definition) is 7. The summed E-state index contributed by atoms with van der Waals surface area (Å²) in [5.74, 6) is 1.21. The van der Waals surface area contributed by atoms with Gasteiger partial charge in [-0.3, -0.25) is 14.2 Å². The fraction of sp³-hybridized carbons (Fsp3) is 0.111. The third-order valence-corrected chi connectivity index (χ3v) is 6.78. The first-order chi connectivity index (χ1) is 17.4. The van der Waals surface area contributed by atoms with Crippen LogP contribution in [0.5, 0.6) is 11.5 Å². The normalized spacial score (nSPS) is 14.3. The number of nitrogens with one attached hydrogen (secondary N) is 1. The van der Waals surface area contributed by atoms with Crippen LogP contribution in [-0.2, 0) is 11.4 Å². The van der Waals surface area contributed by atoms with Crippen molar-refractivity contribution in [1.29, 1.82) is 0 Å². The van der Waals surface area contributed by atoms with Gasteiger partial charge in [-0.2, -0.15) is 0 Å². The van der Waals surface area contributed by atoms with Crippen molar-refractivity contribution in [3.8, 4) is 17.2 Å². The van der Waals surface area contributed by atoms with E-state index in [1.807, 2.05) is 55.5 Å². The lowest BCUT2D eigenvalue weighted by Gasteiger charge is -2.16. The van der Waals surface area contributed by atoms with E-state index in [1.54, 1.807) is 36.0 Å². The van der Waals surface area contributed by atoms with Gasteiger partial charge in [0.15, 0.2) is 17.3 Å². The van der Waals surface area contributed by atoms with E-state index in [2.05, 4.69) is 5.32 Å². The van der Waals surface area contributed by atoms with Crippen LogP contribution in [0, 0.1) is 6.92 Å². The van der Waals surface area contributed by atoms with Gasteiger partial charge in [-0.1, -0.05) is 59.9 Å². The molecule has 1 aliphatic heterocycles. The van der Waals surface area contributed by atoms with Gasteiger partial charge in [0.05, 0.1) is 28.6 Å². The minimum absolute atomic E-state index is 0.0390. The smallest absolute Gasteiger partial charge is 0.266 e. The summed E-state index contributed by atoms with van der Waals surface area (Å²) in [5, 5.41) is 3.13. The molecule has 0 atom stereocenters. The Morgan fingerprint density at radius 3 is 2.56 bits per heavy atom. The van der Waals surface area contributed by atoms with Crippen molar-refractivity contribution in [2.75, 3.05) is 7.11 Å². The second-order valence-electron chi connectivity index (χ2n) is 8.07. The molecule has 0 aliphatic carbocycles. The predicted octanol–water partition coefficient (Wildman–Crippen LogP) is 4.77. The van der Waals surface area contributed by atoms with Crippen molar-refractivity contribution in [2.45, 2.75) is 13.5 Å². The summed E-state index contributed by atoms with van der Waals surface area (Å²) in [6.45, 7) is 2.03. The molecule has 1 N–H and O–H groups in total.